The fourth-order valence-electron chi connectivity index (χ4n) is 2.33. The van der Waals surface area contributed by atoms with Crippen molar-refractivity contribution >= 4 is 29.1 Å². The summed E-state index contributed by atoms with van der Waals surface area (Å²) in [5.41, 5.74) is 1.55. The number of carboxylic acid groups (broad SMARTS) is 1. The van der Waals surface area contributed by atoms with Crippen LogP contribution in [0.25, 0.3) is 5.65 Å². The maximum absolute atomic E-state index is 12.5. The highest BCUT2D eigenvalue weighted by Crippen LogP contribution is 2.17. The molecule has 118 valence electrons. The Morgan fingerprint density at radius 3 is 2.73 bits per heavy atom. The van der Waals surface area contributed by atoms with Crippen LogP contribution in [-0.4, -0.2) is 32.4 Å². The summed E-state index contributed by atoms with van der Waals surface area (Å²) in [6.45, 7) is 3.76. The number of carboxylic acids is 1. The molecule has 1 amide bonds. The number of imidazole rings is 1. The number of halogens is 1. The number of nitrogens with one attached hydrogen (secondary N) is 1. The van der Waals surface area contributed by atoms with Crippen molar-refractivity contribution in [3.8, 4) is 0 Å². The van der Waals surface area contributed by atoms with Crippen LogP contribution in [0.15, 0.2) is 18.3 Å². The van der Waals surface area contributed by atoms with E-state index in [9.17, 15) is 14.7 Å². The number of pyridine rings is 1. The van der Waals surface area contributed by atoms with Gasteiger partial charge in [0.2, 0.25) is 0 Å². The first-order chi connectivity index (χ1) is 10.5. The average Bonchev–Trinajstić information content (AvgIpc) is 2.84. The van der Waals surface area contributed by atoms with E-state index in [2.05, 4.69) is 10.3 Å². The molecule has 0 radical (unpaired) electrons. The van der Waals surface area contributed by atoms with Gasteiger partial charge >= 0.3 is 5.97 Å². The third-order valence-corrected chi connectivity index (χ3v) is 3.61. The van der Waals surface area contributed by atoms with Crippen LogP contribution in [0.2, 0.25) is 5.02 Å². The Labute approximate surface area is 133 Å². The molecule has 2 aromatic heterocycles. The first-order valence-corrected chi connectivity index (χ1v) is 7.55. The van der Waals surface area contributed by atoms with Crippen LogP contribution >= 0.6 is 11.6 Å². The predicted octanol–water partition coefficient (Wildman–Crippen LogP) is 2.53. The van der Waals surface area contributed by atoms with E-state index in [-0.39, 0.29) is 0 Å². The molecule has 2 heterocycles. The molecular weight excluding hydrogens is 306 g/mol. The van der Waals surface area contributed by atoms with Crippen molar-refractivity contribution in [1.82, 2.24) is 14.7 Å². The fourth-order valence-corrected chi connectivity index (χ4v) is 2.49. The number of nitrogens with zero attached hydrogens (tertiary/aromatic N) is 2. The summed E-state index contributed by atoms with van der Waals surface area (Å²) in [5.74, 6) is -1.49. The lowest BCUT2D eigenvalue weighted by atomic mass is 10.1. The normalized spacial score (nSPS) is 12.3. The minimum absolute atomic E-state index is 0.336. The van der Waals surface area contributed by atoms with Gasteiger partial charge in [-0.25, -0.2) is 9.78 Å². The van der Waals surface area contributed by atoms with Crippen molar-refractivity contribution in [2.75, 3.05) is 0 Å². The molecule has 2 aromatic rings. The molecule has 2 rings (SSSR count). The lowest BCUT2D eigenvalue weighted by Crippen LogP contribution is -2.41. The smallest absolute Gasteiger partial charge is 0.326 e. The van der Waals surface area contributed by atoms with E-state index in [1.165, 1.54) is 0 Å². The Hall–Kier alpha value is -2.08. The van der Waals surface area contributed by atoms with Crippen molar-refractivity contribution < 1.29 is 14.7 Å². The van der Waals surface area contributed by atoms with Gasteiger partial charge in [-0.15, -0.1) is 0 Å². The third-order valence-electron chi connectivity index (χ3n) is 3.39. The Balaban J connectivity index is 2.41. The Bertz CT molecular complexity index is 711. The molecule has 1 unspecified atom stereocenters. The van der Waals surface area contributed by atoms with Crippen molar-refractivity contribution in [3.63, 3.8) is 0 Å². The molecule has 0 aromatic carbocycles. The van der Waals surface area contributed by atoms with Crippen LogP contribution in [0.1, 0.15) is 42.9 Å². The largest absolute Gasteiger partial charge is 0.480 e. The van der Waals surface area contributed by atoms with E-state index >= 15 is 0 Å². The van der Waals surface area contributed by atoms with E-state index in [0.717, 1.165) is 0 Å². The standard InChI is InChI=1S/C15H18ClN3O3/c1-3-5-11(15(21)22)18-14(20)13-10(4-2)17-12-7-6-9(16)8-19(12)13/h6-8,11H,3-5H2,1-2H3,(H,18,20)(H,21,22). The summed E-state index contributed by atoms with van der Waals surface area (Å²) >= 11 is 5.98. The lowest BCUT2D eigenvalue weighted by molar-refractivity contribution is -0.139. The molecule has 0 bridgehead atoms. The molecule has 6 nitrogen and oxygen atoms in total. The van der Waals surface area contributed by atoms with E-state index in [4.69, 9.17) is 11.6 Å². The minimum atomic E-state index is -1.04. The molecule has 0 saturated heterocycles. The van der Waals surface area contributed by atoms with Gasteiger partial charge in [-0.05, 0) is 25.0 Å². The molecule has 1 atom stereocenters. The second-order valence-corrected chi connectivity index (χ2v) is 5.43. The number of aromatic nitrogens is 2. The Kier molecular flexibility index (Phi) is 5.03. The van der Waals surface area contributed by atoms with E-state index in [1.807, 2.05) is 13.8 Å². The van der Waals surface area contributed by atoms with Gasteiger partial charge in [0.1, 0.15) is 17.4 Å². The first kappa shape index (κ1) is 16.3. The number of hydrogen-bond acceptors (Lipinski definition) is 3. The predicted molar refractivity (Wildman–Crippen MR) is 83.4 cm³/mol. The summed E-state index contributed by atoms with van der Waals surface area (Å²) < 4.78 is 1.60. The zero-order valence-corrected chi connectivity index (χ0v) is 13.2. The highest BCUT2D eigenvalue weighted by Gasteiger charge is 2.24. The Morgan fingerprint density at radius 1 is 1.41 bits per heavy atom. The fraction of sp³-hybridized carbons (Fsp3) is 0.400. The summed E-state index contributed by atoms with van der Waals surface area (Å²) in [5, 5.41) is 12.2. The maximum Gasteiger partial charge on any atom is 0.326 e. The summed E-state index contributed by atoms with van der Waals surface area (Å²) in [6.07, 6.45) is 3.21. The van der Waals surface area contributed by atoms with Crippen LogP contribution in [-0.2, 0) is 11.2 Å². The van der Waals surface area contributed by atoms with E-state index in [0.29, 0.717) is 41.3 Å². The molecule has 0 aliphatic rings. The lowest BCUT2D eigenvalue weighted by Gasteiger charge is -2.14. The third kappa shape index (κ3) is 3.22. The van der Waals surface area contributed by atoms with Crippen LogP contribution < -0.4 is 5.32 Å². The van der Waals surface area contributed by atoms with Gasteiger partial charge in [-0.1, -0.05) is 31.9 Å². The maximum atomic E-state index is 12.5. The average molecular weight is 324 g/mol. The van der Waals surface area contributed by atoms with Gasteiger partial charge in [0.25, 0.3) is 5.91 Å². The second kappa shape index (κ2) is 6.79. The van der Waals surface area contributed by atoms with Crippen molar-refractivity contribution in [2.45, 2.75) is 39.2 Å². The molecule has 0 saturated carbocycles. The molecule has 0 fully saturated rings. The van der Waals surface area contributed by atoms with Gasteiger partial charge in [-0.2, -0.15) is 0 Å². The summed E-state index contributed by atoms with van der Waals surface area (Å²) in [6, 6.07) is 2.51. The van der Waals surface area contributed by atoms with Crippen molar-refractivity contribution in [3.05, 3.63) is 34.7 Å². The second-order valence-electron chi connectivity index (χ2n) is 4.99. The monoisotopic (exact) mass is 323 g/mol. The minimum Gasteiger partial charge on any atom is -0.480 e. The van der Waals surface area contributed by atoms with Gasteiger partial charge in [0.05, 0.1) is 10.7 Å². The van der Waals surface area contributed by atoms with E-state index < -0.39 is 17.9 Å². The Morgan fingerprint density at radius 2 is 2.14 bits per heavy atom. The van der Waals surface area contributed by atoms with Crippen LogP contribution in [0, 0.1) is 0 Å². The van der Waals surface area contributed by atoms with Gasteiger partial charge in [0.15, 0.2) is 0 Å². The molecule has 0 aliphatic heterocycles. The topological polar surface area (TPSA) is 83.7 Å². The molecular formula is C15H18ClN3O3. The quantitative estimate of drug-likeness (QED) is 0.855. The number of carbonyl (C=O) groups is 2. The number of fused-ring (bicyclic) bond motifs is 1. The highest BCUT2D eigenvalue weighted by atomic mass is 35.5. The van der Waals surface area contributed by atoms with Crippen LogP contribution in [0.4, 0.5) is 0 Å². The van der Waals surface area contributed by atoms with Crippen LogP contribution in [0.5, 0.6) is 0 Å². The number of aryl methyl sites for hydroxylation is 1. The van der Waals surface area contributed by atoms with Crippen LogP contribution in [0.3, 0.4) is 0 Å². The van der Waals surface area contributed by atoms with Gasteiger partial charge in [-0.3, -0.25) is 9.20 Å². The van der Waals surface area contributed by atoms with Crippen molar-refractivity contribution in [2.24, 2.45) is 0 Å². The molecule has 0 spiro atoms. The number of carbonyl (C=O) groups excluding carboxylic acids is 1. The highest BCUT2D eigenvalue weighted by molar-refractivity contribution is 6.30. The molecule has 0 aliphatic carbocycles. The van der Waals surface area contributed by atoms with Crippen molar-refractivity contribution in [1.29, 1.82) is 0 Å². The summed E-state index contributed by atoms with van der Waals surface area (Å²) in [7, 11) is 0. The van der Waals surface area contributed by atoms with Gasteiger partial charge in [0, 0.05) is 6.20 Å². The number of aliphatic carboxylic acids is 1. The number of hydrogen-bond donors (Lipinski definition) is 2. The SMILES string of the molecule is CCCC(NC(=O)c1c(CC)nc2ccc(Cl)cn12)C(=O)O. The number of rotatable bonds is 6. The van der Waals surface area contributed by atoms with Gasteiger partial charge < -0.3 is 10.4 Å². The summed E-state index contributed by atoms with van der Waals surface area (Å²) in [4.78, 5) is 28.1. The number of amides is 1. The molecule has 7 heteroatoms. The molecule has 2 N–H and O–H groups in total. The zero-order valence-electron chi connectivity index (χ0n) is 12.5. The molecule has 22 heavy (non-hydrogen) atoms. The first-order valence-electron chi connectivity index (χ1n) is 7.18. The zero-order chi connectivity index (χ0) is 16.3. The van der Waals surface area contributed by atoms with E-state index in [1.54, 1.807) is 22.7 Å².